The van der Waals surface area contributed by atoms with Crippen LogP contribution in [0.25, 0.3) is 0 Å². The van der Waals surface area contributed by atoms with Gasteiger partial charge in [-0.3, -0.25) is 4.79 Å². The number of carbonyl (C=O) groups is 3. The first-order valence-electron chi connectivity index (χ1n) is 9.32. The fraction of sp³-hybridized carbons (Fsp3) is 0.318. The lowest BCUT2D eigenvalue weighted by molar-refractivity contribution is -0.145. The summed E-state index contributed by atoms with van der Waals surface area (Å²) in [5.41, 5.74) is 0.895. The number of hydrogen-bond donors (Lipinski definition) is 1. The van der Waals surface area contributed by atoms with Gasteiger partial charge >= 0.3 is 11.9 Å². The number of ether oxygens (including phenoxy) is 5. The van der Waals surface area contributed by atoms with Gasteiger partial charge in [0, 0.05) is 6.42 Å². The zero-order valence-electron chi connectivity index (χ0n) is 17.8. The number of esters is 2. The summed E-state index contributed by atoms with van der Waals surface area (Å²) in [6.07, 6.45) is 0.233. The summed E-state index contributed by atoms with van der Waals surface area (Å²) in [6.45, 7) is -0.599. The van der Waals surface area contributed by atoms with E-state index in [-0.39, 0.29) is 23.5 Å². The van der Waals surface area contributed by atoms with E-state index in [1.54, 1.807) is 0 Å². The maximum atomic E-state index is 12.5. The Hall–Kier alpha value is -3.75. The number of amides is 1. The van der Waals surface area contributed by atoms with E-state index in [0.717, 1.165) is 5.56 Å². The van der Waals surface area contributed by atoms with E-state index in [0.29, 0.717) is 5.75 Å². The maximum Gasteiger partial charge on any atom is 0.342 e. The Morgan fingerprint density at radius 1 is 0.871 bits per heavy atom. The zero-order valence-corrected chi connectivity index (χ0v) is 17.8. The van der Waals surface area contributed by atoms with Crippen molar-refractivity contribution in [3.8, 4) is 17.2 Å². The van der Waals surface area contributed by atoms with Gasteiger partial charge in [0.15, 0.2) is 18.1 Å². The highest BCUT2D eigenvalue weighted by Crippen LogP contribution is 2.39. The molecule has 0 radical (unpaired) electrons. The van der Waals surface area contributed by atoms with Crippen molar-refractivity contribution in [3.05, 3.63) is 53.6 Å². The summed E-state index contributed by atoms with van der Waals surface area (Å²) in [5.74, 6) is -1.35. The van der Waals surface area contributed by atoms with Gasteiger partial charge in [0.1, 0.15) is 11.6 Å². The molecule has 1 N–H and O–H groups in total. The summed E-state index contributed by atoms with van der Waals surface area (Å²) in [6, 6.07) is 11.2. The Labute approximate surface area is 180 Å². The molecule has 0 spiro atoms. The van der Waals surface area contributed by atoms with E-state index in [1.165, 1.54) is 40.6 Å². The largest absolute Gasteiger partial charge is 0.493 e. The smallest absolute Gasteiger partial charge is 0.342 e. The lowest BCUT2D eigenvalue weighted by atomic mass is 10.1. The zero-order chi connectivity index (χ0) is 22.8. The molecule has 0 saturated carbocycles. The lowest BCUT2D eigenvalue weighted by Crippen LogP contribution is -2.44. The highest BCUT2D eigenvalue weighted by atomic mass is 16.5. The first-order chi connectivity index (χ1) is 14.9. The Kier molecular flexibility index (Phi) is 8.68. The number of carbonyl (C=O) groups excluding carboxylic acids is 3. The van der Waals surface area contributed by atoms with E-state index in [9.17, 15) is 14.4 Å². The molecule has 1 atom stereocenters. The van der Waals surface area contributed by atoms with Gasteiger partial charge in [-0.25, -0.2) is 9.59 Å². The molecule has 0 bridgehead atoms. The van der Waals surface area contributed by atoms with E-state index in [2.05, 4.69) is 5.32 Å². The van der Waals surface area contributed by atoms with E-state index in [4.69, 9.17) is 23.7 Å². The standard InChI is InChI=1S/C22H25NO8/c1-27-17-11-10-15(19(28-2)20(17)29-3)21(25)31-13-18(24)23-16(22(26)30-4)12-14-8-6-5-7-9-14/h5-11,16H,12-13H2,1-4H3,(H,23,24). The highest BCUT2D eigenvalue weighted by molar-refractivity contribution is 5.95. The minimum Gasteiger partial charge on any atom is -0.493 e. The molecule has 0 aromatic heterocycles. The average molecular weight is 431 g/mol. The normalized spacial score (nSPS) is 11.1. The van der Waals surface area contributed by atoms with Gasteiger partial charge in [-0.1, -0.05) is 30.3 Å². The predicted octanol–water partition coefficient (Wildman–Crippen LogP) is 1.77. The molecule has 166 valence electrons. The van der Waals surface area contributed by atoms with Crippen molar-refractivity contribution in [2.75, 3.05) is 35.0 Å². The van der Waals surface area contributed by atoms with Gasteiger partial charge < -0.3 is 29.0 Å². The number of benzene rings is 2. The summed E-state index contributed by atoms with van der Waals surface area (Å²) in [5, 5.41) is 2.53. The molecule has 0 aliphatic carbocycles. The quantitative estimate of drug-likeness (QED) is 0.567. The molecule has 0 aliphatic rings. The molecule has 31 heavy (non-hydrogen) atoms. The maximum absolute atomic E-state index is 12.5. The summed E-state index contributed by atoms with van der Waals surface area (Å²) in [7, 11) is 5.45. The minimum atomic E-state index is -0.922. The second-order valence-electron chi connectivity index (χ2n) is 6.29. The van der Waals surface area contributed by atoms with Crippen LogP contribution in [-0.2, 0) is 25.5 Å². The molecule has 2 aromatic rings. The SMILES string of the molecule is COC(=O)C(Cc1ccccc1)NC(=O)COC(=O)c1ccc(OC)c(OC)c1OC. The monoisotopic (exact) mass is 431 g/mol. The fourth-order valence-electron chi connectivity index (χ4n) is 2.89. The predicted molar refractivity (Wildman–Crippen MR) is 110 cm³/mol. The van der Waals surface area contributed by atoms with Gasteiger partial charge in [-0.2, -0.15) is 0 Å². The first kappa shape index (κ1) is 23.5. The van der Waals surface area contributed by atoms with Gasteiger partial charge in [0.2, 0.25) is 5.75 Å². The van der Waals surface area contributed by atoms with Crippen molar-refractivity contribution in [2.45, 2.75) is 12.5 Å². The number of hydrogen-bond acceptors (Lipinski definition) is 8. The summed E-state index contributed by atoms with van der Waals surface area (Å²) in [4.78, 5) is 36.8. The molecule has 9 nitrogen and oxygen atoms in total. The van der Waals surface area contributed by atoms with Crippen molar-refractivity contribution >= 4 is 17.8 Å². The van der Waals surface area contributed by atoms with Crippen LogP contribution in [-0.4, -0.2) is 58.9 Å². The van der Waals surface area contributed by atoms with Crippen LogP contribution in [0.4, 0.5) is 0 Å². The van der Waals surface area contributed by atoms with Crippen LogP contribution in [0.3, 0.4) is 0 Å². The van der Waals surface area contributed by atoms with Crippen LogP contribution >= 0.6 is 0 Å². The number of methoxy groups -OCH3 is 4. The van der Waals surface area contributed by atoms with Crippen molar-refractivity contribution in [3.63, 3.8) is 0 Å². The molecule has 9 heteroatoms. The molecular formula is C22H25NO8. The molecule has 0 heterocycles. The van der Waals surface area contributed by atoms with Crippen LogP contribution in [0.5, 0.6) is 17.2 Å². The Morgan fingerprint density at radius 3 is 2.13 bits per heavy atom. The van der Waals surface area contributed by atoms with E-state index in [1.807, 2.05) is 30.3 Å². The van der Waals surface area contributed by atoms with Gasteiger partial charge in [0.05, 0.1) is 28.4 Å². The second-order valence-corrected chi connectivity index (χ2v) is 6.29. The van der Waals surface area contributed by atoms with Crippen molar-refractivity contribution < 1.29 is 38.1 Å². The molecular weight excluding hydrogens is 406 g/mol. The molecule has 0 fully saturated rings. The van der Waals surface area contributed by atoms with E-state index >= 15 is 0 Å². The van der Waals surface area contributed by atoms with E-state index < -0.39 is 30.5 Å². The highest BCUT2D eigenvalue weighted by Gasteiger charge is 2.25. The lowest BCUT2D eigenvalue weighted by Gasteiger charge is -2.17. The van der Waals surface area contributed by atoms with Crippen molar-refractivity contribution in [2.24, 2.45) is 0 Å². The topological polar surface area (TPSA) is 109 Å². The van der Waals surface area contributed by atoms with Crippen LogP contribution in [0.2, 0.25) is 0 Å². The number of nitrogens with one attached hydrogen (secondary N) is 1. The molecule has 1 unspecified atom stereocenters. The van der Waals surface area contributed by atoms with Crippen LogP contribution in [0, 0.1) is 0 Å². The van der Waals surface area contributed by atoms with Gasteiger partial charge in [-0.05, 0) is 17.7 Å². The first-order valence-corrected chi connectivity index (χ1v) is 9.32. The van der Waals surface area contributed by atoms with Crippen LogP contribution in [0.1, 0.15) is 15.9 Å². The average Bonchev–Trinajstić information content (AvgIpc) is 2.80. The Morgan fingerprint density at radius 2 is 1.55 bits per heavy atom. The molecule has 2 aromatic carbocycles. The van der Waals surface area contributed by atoms with Crippen molar-refractivity contribution in [1.29, 1.82) is 0 Å². The second kappa shape index (κ2) is 11.4. The van der Waals surface area contributed by atoms with Crippen LogP contribution in [0.15, 0.2) is 42.5 Å². The fourth-order valence-corrected chi connectivity index (χ4v) is 2.89. The van der Waals surface area contributed by atoms with Gasteiger partial charge in [0.25, 0.3) is 5.91 Å². The third kappa shape index (κ3) is 6.11. The third-order valence-electron chi connectivity index (χ3n) is 4.36. The molecule has 0 aliphatic heterocycles. The minimum absolute atomic E-state index is 0.0572. The van der Waals surface area contributed by atoms with Gasteiger partial charge in [-0.15, -0.1) is 0 Å². The van der Waals surface area contributed by atoms with Crippen molar-refractivity contribution in [1.82, 2.24) is 5.32 Å². The summed E-state index contributed by atoms with van der Waals surface area (Å²) >= 11 is 0. The molecule has 0 saturated heterocycles. The Bertz CT molecular complexity index is 913. The number of rotatable bonds is 10. The Balaban J connectivity index is 2.05. The van der Waals surface area contributed by atoms with Crippen LogP contribution < -0.4 is 19.5 Å². The third-order valence-corrected chi connectivity index (χ3v) is 4.36. The molecule has 2 rings (SSSR count). The molecule has 1 amide bonds. The summed E-state index contributed by atoms with van der Waals surface area (Å²) < 4.78 is 25.5.